The molecule has 142 valence electrons. The molecule has 2 aromatic rings. The minimum absolute atomic E-state index is 0.133. The van der Waals surface area contributed by atoms with Crippen LogP contribution < -0.4 is 19.9 Å². The molecule has 0 unspecified atom stereocenters. The SMILES string of the molecule is COc1ccccc1C(=O)Nc1cc(N2CCCC2)ccc1N1CCCC1. The molecule has 0 spiro atoms. The number of nitrogens with zero attached hydrogens (tertiary/aromatic N) is 2. The van der Waals surface area contributed by atoms with E-state index >= 15 is 0 Å². The second-order valence-corrected chi connectivity index (χ2v) is 7.24. The third-order valence-electron chi connectivity index (χ3n) is 5.50. The van der Waals surface area contributed by atoms with E-state index in [9.17, 15) is 4.79 Å². The molecule has 1 N–H and O–H groups in total. The molecule has 0 aromatic heterocycles. The molecular weight excluding hydrogens is 338 g/mol. The van der Waals surface area contributed by atoms with Crippen LogP contribution in [-0.4, -0.2) is 39.2 Å². The van der Waals surface area contributed by atoms with Gasteiger partial charge in [-0.3, -0.25) is 4.79 Å². The Balaban J connectivity index is 1.65. The fraction of sp³-hybridized carbons (Fsp3) is 0.409. The van der Waals surface area contributed by atoms with Gasteiger partial charge < -0.3 is 19.9 Å². The van der Waals surface area contributed by atoms with Crippen LogP contribution in [0.4, 0.5) is 17.1 Å². The van der Waals surface area contributed by atoms with E-state index in [0.717, 1.165) is 37.6 Å². The van der Waals surface area contributed by atoms with Gasteiger partial charge in [-0.05, 0) is 56.0 Å². The lowest BCUT2D eigenvalue weighted by atomic mass is 10.1. The summed E-state index contributed by atoms with van der Waals surface area (Å²) in [6.07, 6.45) is 4.87. The van der Waals surface area contributed by atoms with Gasteiger partial charge in [-0.1, -0.05) is 12.1 Å². The van der Waals surface area contributed by atoms with Gasteiger partial charge in [0.25, 0.3) is 5.91 Å². The van der Waals surface area contributed by atoms with Gasteiger partial charge in [-0.2, -0.15) is 0 Å². The van der Waals surface area contributed by atoms with Gasteiger partial charge >= 0.3 is 0 Å². The first-order valence-electron chi connectivity index (χ1n) is 9.84. The summed E-state index contributed by atoms with van der Waals surface area (Å²) in [5, 5.41) is 3.16. The van der Waals surface area contributed by atoms with E-state index in [0.29, 0.717) is 11.3 Å². The number of benzene rings is 2. The molecule has 2 fully saturated rings. The maximum absolute atomic E-state index is 13.0. The van der Waals surface area contributed by atoms with Crippen LogP contribution in [0.15, 0.2) is 42.5 Å². The first kappa shape index (κ1) is 17.7. The maximum atomic E-state index is 13.0. The van der Waals surface area contributed by atoms with Crippen molar-refractivity contribution in [3.63, 3.8) is 0 Å². The third-order valence-corrected chi connectivity index (χ3v) is 5.50. The van der Waals surface area contributed by atoms with Gasteiger partial charge in [0.2, 0.25) is 0 Å². The molecule has 2 heterocycles. The Hall–Kier alpha value is -2.69. The van der Waals surface area contributed by atoms with Crippen LogP contribution in [0.3, 0.4) is 0 Å². The number of para-hydroxylation sites is 1. The largest absolute Gasteiger partial charge is 0.496 e. The van der Waals surface area contributed by atoms with Gasteiger partial charge in [0.1, 0.15) is 5.75 Å². The summed E-state index contributed by atoms with van der Waals surface area (Å²) in [6, 6.07) is 13.8. The second kappa shape index (κ2) is 7.91. The highest BCUT2D eigenvalue weighted by molar-refractivity contribution is 6.08. The number of anilines is 3. The molecular formula is C22H27N3O2. The van der Waals surface area contributed by atoms with Crippen LogP contribution in [0.1, 0.15) is 36.0 Å². The Kier molecular flexibility index (Phi) is 5.19. The minimum atomic E-state index is -0.133. The average molecular weight is 365 g/mol. The molecule has 2 saturated heterocycles. The fourth-order valence-corrected chi connectivity index (χ4v) is 4.05. The summed E-state index contributed by atoms with van der Waals surface area (Å²) in [7, 11) is 1.59. The summed E-state index contributed by atoms with van der Waals surface area (Å²) < 4.78 is 5.36. The van der Waals surface area contributed by atoms with E-state index < -0.39 is 0 Å². The fourth-order valence-electron chi connectivity index (χ4n) is 4.05. The lowest BCUT2D eigenvalue weighted by molar-refractivity contribution is 0.102. The molecule has 0 radical (unpaired) electrons. The number of hydrogen-bond acceptors (Lipinski definition) is 4. The van der Waals surface area contributed by atoms with Gasteiger partial charge in [0.05, 0.1) is 24.0 Å². The van der Waals surface area contributed by atoms with Gasteiger partial charge in [-0.15, -0.1) is 0 Å². The first-order valence-corrected chi connectivity index (χ1v) is 9.84. The molecule has 0 atom stereocenters. The molecule has 2 aliphatic heterocycles. The molecule has 1 amide bonds. The molecule has 0 aliphatic carbocycles. The molecule has 2 aliphatic rings. The lowest BCUT2D eigenvalue weighted by Crippen LogP contribution is -2.23. The standard InChI is InChI=1S/C22H27N3O2/c1-27-21-9-3-2-8-18(21)22(26)23-19-16-17(24-12-4-5-13-24)10-11-20(19)25-14-6-7-15-25/h2-3,8-11,16H,4-7,12-15H2,1H3,(H,23,26). The Morgan fingerprint density at radius 2 is 1.59 bits per heavy atom. The number of carbonyl (C=O) groups is 1. The van der Waals surface area contributed by atoms with Crippen molar-refractivity contribution in [2.24, 2.45) is 0 Å². The Morgan fingerprint density at radius 3 is 2.30 bits per heavy atom. The Morgan fingerprint density at radius 1 is 0.926 bits per heavy atom. The summed E-state index contributed by atoms with van der Waals surface area (Å²) in [6.45, 7) is 4.26. The Bertz CT molecular complexity index is 809. The summed E-state index contributed by atoms with van der Waals surface area (Å²) >= 11 is 0. The summed E-state index contributed by atoms with van der Waals surface area (Å²) in [5.41, 5.74) is 3.74. The van der Waals surface area contributed by atoms with Crippen molar-refractivity contribution in [3.05, 3.63) is 48.0 Å². The number of rotatable bonds is 5. The normalized spacial score (nSPS) is 16.6. The predicted molar refractivity (Wildman–Crippen MR) is 110 cm³/mol. The molecule has 4 rings (SSSR count). The van der Waals surface area contributed by atoms with Gasteiger partial charge in [0, 0.05) is 31.9 Å². The molecule has 0 saturated carbocycles. The highest BCUT2D eigenvalue weighted by Gasteiger charge is 2.21. The van der Waals surface area contributed by atoms with Crippen molar-refractivity contribution < 1.29 is 9.53 Å². The molecule has 2 aromatic carbocycles. The van der Waals surface area contributed by atoms with Crippen molar-refractivity contribution in [3.8, 4) is 5.75 Å². The number of amides is 1. The van der Waals surface area contributed by atoms with E-state index in [1.807, 2.05) is 18.2 Å². The molecule has 5 heteroatoms. The summed E-state index contributed by atoms with van der Waals surface area (Å²) in [4.78, 5) is 17.7. The highest BCUT2D eigenvalue weighted by atomic mass is 16.5. The second-order valence-electron chi connectivity index (χ2n) is 7.24. The minimum Gasteiger partial charge on any atom is -0.496 e. The van der Waals surface area contributed by atoms with Crippen molar-refractivity contribution in [2.75, 3.05) is 48.4 Å². The third kappa shape index (κ3) is 3.72. The molecule has 0 bridgehead atoms. The number of nitrogens with one attached hydrogen (secondary N) is 1. The zero-order valence-electron chi connectivity index (χ0n) is 15.9. The van der Waals surface area contributed by atoms with Crippen LogP contribution in [0.25, 0.3) is 0 Å². The smallest absolute Gasteiger partial charge is 0.259 e. The topological polar surface area (TPSA) is 44.8 Å². The first-order chi connectivity index (χ1) is 13.3. The lowest BCUT2D eigenvalue weighted by Gasteiger charge is -2.25. The Labute approximate surface area is 160 Å². The zero-order valence-corrected chi connectivity index (χ0v) is 15.9. The van der Waals surface area contributed by atoms with Crippen molar-refractivity contribution in [2.45, 2.75) is 25.7 Å². The zero-order chi connectivity index (χ0) is 18.6. The van der Waals surface area contributed by atoms with E-state index in [-0.39, 0.29) is 5.91 Å². The van der Waals surface area contributed by atoms with E-state index in [2.05, 4.69) is 33.3 Å². The number of carbonyl (C=O) groups excluding carboxylic acids is 1. The van der Waals surface area contributed by atoms with Crippen LogP contribution in [0.2, 0.25) is 0 Å². The maximum Gasteiger partial charge on any atom is 0.259 e. The summed E-state index contributed by atoms with van der Waals surface area (Å²) in [5.74, 6) is 0.458. The van der Waals surface area contributed by atoms with E-state index in [1.54, 1.807) is 13.2 Å². The van der Waals surface area contributed by atoms with Gasteiger partial charge in [-0.25, -0.2) is 0 Å². The van der Waals surface area contributed by atoms with Crippen LogP contribution in [0.5, 0.6) is 5.75 Å². The average Bonchev–Trinajstić information content (AvgIpc) is 3.42. The quantitative estimate of drug-likeness (QED) is 0.865. The van der Waals surface area contributed by atoms with Crippen LogP contribution in [0, 0.1) is 0 Å². The van der Waals surface area contributed by atoms with Crippen LogP contribution >= 0.6 is 0 Å². The monoisotopic (exact) mass is 365 g/mol. The van der Waals surface area contributed by atoms with Crippen LogP contribution in [-0.2, 0) is 0 Å². The van der Waals surface area contributed by atoms with Crippen molar-refractivity contribution in [1.29, 1.82) is 0 Å². The van der Waals surface area contributed by atoms with E-state index in [1.165, 1.54) is 31.4 Å². The highest BCUT2D eigenvalue weighted by Crippen LogP contribution is 2.34. The number of ether oxygens (including phenoxy) is 1. The van der Waals surface area contributed by atoms with Gasteiger partial charge in [0.15, 0.2) is 0 Å². The van der Waals surface area contributed by atoms with Crippen molar-refractivity contribution >= 4 is 23.0 Å². The number of methoxy groups -OCH3 is 1. The molecule has 27 heavy (non-hydrogen) atoms. The van der Waals surface area contributed by atoms with E-state index in [4.69, 9.17) is 4.74 Å². The number of hydrogen-bond donors (Lipinski definition) is 1. The molecule has 5 nitrogen and oxygen atoms in total. The van der Waals surface area contributed by atoms with Crippen molar-refractivity contribution in [1.82, 2.24) is 0 Å². The predicted octanol–water partition coefficient (Wildman–Crippen LogP) is 4.15.